The van der Waals surface area contributed by atoms with Crippen molar-refractivity contribution in [3.63, 3.8) is 0 Å². The summed E-state index contributed by atoms with van der Waals surface area (Å²) in [6.45, 7) is 0. The fourth-order valence-electron chi connectivity index (χ4n) is 6.89. The zero-order valence-electron chi connectivity index (χ0n) is 28.5. The number of aryl methyl sites for hydroxylation is 1. The van der Waals surface area contributed by atoms with Crippen LogP contribution < -0.4 is 5.32 Å². The first-order chi connectivity index (χ1) is 25.3. The molecule has 51 heavy (non-hydrogen) atoms. The summed E-state index contributed by atoms with van der Waals surface area (Å²) < 4.78 is 0. The molecule has 0 saturated carbocycles. The standard InChI is InChI=1S/C48H39N3/c1-5-16-35(17-6-1)42-31-29-38-19-8-2-7-18-36(28-30-43(38)34-42)37-20-13-14-21-39-26-15-27-45(44(39)33-32-37)48-50-46(40-22-9-3-10-23-40)49-47(51-48)41-24-11-4-12-25-41/h1-13,15-20,22-32,34,48H,14,21,33H2,(H,49,50,51)/b7-2?,8-2?,18-7?,19-8?,20-13?,30-28?,36-18?,36-28?,37-32+,38-19?,43-30?. The van der Waals surface area contributed by atoms with E-state index in [4.69, 9.17) is 9.98 Å². The lowest BCUT2D eigenvalue weighted by Crippen LogP contribution is -2.36. The molecule has 246 valence electrons. The Bertz CT molecular complexity index is 2300. The number of nitrogens with one attached hydrogen (secondary N) is 1. The lowest BCUT2D eigenvalue weighted by Gasteiger charge is -2.24. The molecule has 0 atom stereocenters. The van der Waals surface area contributed by atoms with Gasteiger partial charge in [0, 0.05) is 16.7 Å². The summed E-state index contributed by atoms with van der Waals surface area (Å²) in [5.74, 6) is 1.67. The monoisotopic (exact) mass is 657 g/mol. The van der Waals surface area contributed by atoms with Gasteiger partial charge in [-0.1, -0.05) is 182 Å². The number of rotatable bonds is 5. The van der Waals surface area contributed by atoms with Gasteiger partial charge in [-0.05, 0) is 69.5 Å². The second-order valence-corrected chi connectivity index (χ2v) is 12.9. The molecule has 0 aromatic heterocycles. The van der Waals surface area contributed by atoms with Crippen LogP contribution in [0.2, 0.25) is 0 Å². The highest BCUT2D eigenvalue weighted by molar-refractivity contribution is 6.15. The zero-order valence-corrected chi connectivity index (χ0v) is 28.5. The molecule has 0 amide bonds. The smallest absolute Gasteiger partial charge is 0.170 e. The maximum Gasteiger partial charge on any atom is 0.170 e. The van der Waals surface area contributed by atoms with Gasteiger partial charge in [0.05, 0.1) is 0 Å². The molecular formula is C48H39N3. The van der Waals surface area contributed by atoms with E-state index < -0.39 is 0 Å². The van der Waals surface area contributed by atoms with Crippen LogP contribution >= 0.6 is 0 Å². The van der Waals surface area contributed by atoms with Gasteiger partial charge >= 0.3 is 0 Å². The van der Waals surface area contributed by atoms with Crippen molar-refractivity contribution in [2.45, 2.75) is 25.4 Å². The summed E-state index contributed by atoms with van der Waals surface area (Å²) in [6, 6.07) is 59.9. The molecule has 0 spiro atoms. The van der Waals surface area contributed by atoms with E-state index in [1.807, 2.05) is 12.1 Å². The van der Waals surface area contributed by atoms with Crippen molar-refractivity contribution < 1.29 is 0 Å². The van der Waals surface area contributed by atoms with Gasteiger partial charge in [-0.2, -0.15) is 0 Å². The molecule has 3 heteroatoms. The van der Waals surface area contributed by atoms with Crippen molar-refractivity contribution in [2.24, 2.45) is 9.98 Å². The number of hydrogen-bond acceptors (Lipinski definition) is 3. The minimum atomic E-state index is -0.366. The molecule has 1 aliphatic heterocycles. The average molecular weight is 658 g/mol. The molecule has 1 aliphatic carbocycles. The van der Waals surface area contributed by atoms with Gasteiger partial charge in [0.2, 0.25) is 0 Å². The van der Waals surface area contributed by atoms with Crippen LogP contribution in [0.4, 0.5) is 0 Å². The third-order valence-electron chi connectivity index (χ3n) is 9.57. The third kappa shape index (κ3) is 7.34. The van der Waals surface area contributed by atoms with Crippen LogP contribution in [0.3, 0.4) is 0 Å². The van der Waals surface area contributed by atoms with E-state index >= 15 is 0 Å². The lowest BCUT2D eigenvalue weighted by atomic mass is 9.93. The number of allylic oxidation sites excluding steroid dienone is 4. The molecule has 1 N–H and O–H groups in total. The fraction of sp³-hybridized carbons (Fsp3) is 0.0833. The normalized spacial score (nSPS) is 15.4. The second kappa shape index (κ2) is 15.1. The van der Waals surface area contributed by atoms with E-state index in [-0.39, 0.29) is 6.17 Å². The van der Waals surface area contributed by atoms with Crippen LogP contribution in [0.15, 0.2) is 198 Å². The Hall–Kier alpha value is -6.32. The van der Waals surface area contributed by atoms with Crippen molar-refractivity contribution in [2.75, 3.05) is 0 Å². The van der Waals surface area contributed by atoms with Gasteiger partial charge < -0.3 is 5.32 Å². The summed E-state index contributed by atoms with van der Waals surface area (Å²) in [4.78, 5) is 10.5. The van der Waals surface area contributed by atoms with E-state index in [1.165, 1.54) is 44.2 Å². The van der Waals surface area contributed by atoms with Crippen molar-refractivity contribution in [1.82, 2.24) is 5.32 Å². The predicted octanol–water partition coefficient (Wildman–Crippen LogP) is 11.3. The molecule has 6 aromatic carbocycles. The molecule has 1 heterocycles. The van der Waals surface area contributed by atoms with Crippen LogP contribution in [-0.2, 0) is 12.8 Å². The molecule has 0 unspecified atom stereocenters. The van der Waals surface area contributed by atoms with Crippen LogP contribution in [0, 0.1) is 0 Å². The first-order valence-corrected chi connectivity index (χ1v) is 17.7. The van der Waals surface area contributed by atoms with Crippen molar-refractivity contribution in [3.05, 3.63) is 221 Å². The molecule has 0 fully saturated rings. The summed E-state index contributed by atoms with van der Waals surface area (Å²) in [5, 5.41) is 5.93. The first-order valence-electron chi connectivity index (χ1n) is 17.7. The summed E-state index contributed by atoms with van der Waals surface area (Å²) in [7, 11) is 0. The molecule has 2 aliphatic rings. The molecule has 3 nitrogen and oxygen atoms in total. The highest BCUT2D eigenvalue weighted by Crippen LogP contribution is 2.32. The van der Waals surface area contributed by atoms with E-state index in [0.717, 1.165) is 47.6 Å². The Morgan fingerprint density at radius 1 is 0.490 bits per heavy atom. The molecule has 8 rings (SSSR count). The number of aliphatic imine (C=N–C) groups is 2. The maximum absolute atomic E-state index is 5.23. The van der Waals surface area contributed by atoms with Gasteiger partial charge in [-0.15, -0.1) is 0 Å². The number of fused-ring (bicyclic) bond motifs is 2. The van der Waals surface area contributed by atoms with Crippen molar-refractivity contribution in [3.8, 4) is 11.1 Å². The number of nitrogens with zero attached hydrogens (tertiary/aromatic N) is 2. The minimum absolute atomic E-state index is 0.366. The van der Waals surface area contributed by atoms with E-state index in [1.54, 1.807) is 0 Å². The largest absolute Gasteiger partial charge is 0.324 e. The Labute approximate surface area is 300 Å². The highest BCUT2D eigenvalue weighted by Gasteiger charge is 2.23. The highest BCUT2D eigenvalue weighted by atomic mass is 15.2. The molecule has 0 radical (unpaired) electrons. The Morgan fingerprint density at radius 2 is 1.08 bits per heavy atom. The van der Waals surface area contributed by atoms with Crippen molar-refractivity contribution >= 4 is 28.0 Å². The minimum Gasteiger partial charge on any atom is -0.324 e. The topological polar surface area (TPSA) is 36.8 Å². The van der Waals surface area contributed by atoms with Gasteiger partial charge in [-0.3, -0.25) is 0 Å². The van der Waals surface area contributed by atoms with Gasteiger partial charge in [-0.25, -0.2) is 9.98 Å². The van der Waals surface area contributed by atoms with Gasteiger partial charge in [0.25, 0.3) is 0 Å². The van der Waals surface area contributed by atoms with E-state index in [9.17, 15) is 0 Å². The predicted molar refractivity (Wildman–Crippen MR) is 214 cm³/mol. The first kappa shape index (κ1) is 31.9. The molecule has 0 bridgehead atoms. The lowest BCUT2D eigenvalue weighted by molar-refractivity contribution is 0.742. The Kier molecular flexibility index (Phi) is 9.43. The average Bonchev–Trinajstić information content (AvgIpc) is 3.31. The summed E-state index contributed by atoms with van der Waals surface area (Å²) >= 11 is 0. The van der Waals surface area contributed by atoms with Crippen molar-refractivity contribution in [1.29, 1.82) is 0 Å². The summed E-state index contributed by atoms with van der Waals surface area (Å²) in [6.07, 6.45) is 9.32. The zero-order chi connectivity index (χ0) is 34.2. The Morgan fingerprint density at radius 3 is 1.76 bits per heavy atom. The van der Waals surface area contributed by atoms with Crippen LogP contribution in [0.1, 0.15) is 46.0 Å². The van der Waals surface area contributed by atoms with Gasteiger partial charge in [0.15, 0.2) is 6.17 Å². The van der Waals surface area contributed by atoms with E-state index in [0.29, 0.717) is 0 Å². The second-order valence-electron chi connectivity index (χ2n) is 12.9. The summed E-state index contributed by atoms with van der Waals surface area (Å²) in [5.41, 5.74) is 10.7. The molecule has 6 aromatic rings. The molecule has 0 saturated heterocycles. The number of hydrogen-bond donors (Lipinski definition) is 1. The SMILES string of the molecule is C1=C/C(c2cccccc3ccc(-c4ccccc4)cc3cc2)=C\Cc2c(cccc2C2N=C(c3ccccc3)NC(c3ccccc3)=N2)CC1. The quantitative estimate of drug-likeness (QED) is 0.197. The maximum atomic E-state index is 5.23. The van der Waals surface area contributed by atoms with Crippen LogP contribution in [0.5, 0.6) is 0 Å². The molecular weight excluding hydrogens is 619 g/mol. The fourth-order valence-corrected chi connectivity index (χ4v) is 6.89. The number of benzene rings is 5. The van der Waals surface area contributed by atoms with Crippen LogP contribution in [-0.4, -0.2) is 11.7 Å². The van der Waals surface area contributed by atoms with Crippen LogP contribution in [0.25, 0.3) is 27.5 Å². The van der Waals surface area contributed by atoms with E-state index in [2.05, 4.69) is 181 Å². The van der Waals surface area contributed by atoms with Gasteiger partial charge in [0.1, 0.15) is 11.7 Å². The number of amidine groups is 2. The Balaban J connectivity index is 1.20. The third-order valence-corrected chi connectivity index (χ3v) is 9.57.